The molecule has 0 saturated carbocycles. The molecule has 0 aliphatic carbocycles. The van der Waals surface area contributed by atoms with Crippen LogP contribution in [0.5, 0.6) is 5.75 Å². The largest absolute Gasteiger partial charge is 0.492 e. The van der Waals surface area contributed by atoms with Crippen molar-refractivity contribution < 1.29 is 13.2 Å². The molecular formula is C12H16N2O3S. The summed E-state index contributed by atoms with van der Waals surface area (Å²) in [5.41, 5.74) is 5.30. The van der Waals surface area contributed by atoms with Crippen LogP contribution in [0.4, 0.5) is 0 Å². The lowest BCUT2D eigenvalue weighted by Crippen LogP contribution is -2.27. The highest BCUT2D eigenvalue weighted by Gasteiger charge is 2.19. The van der Waals surface area contributed by atoms with Crippen LogP contribution in [0.2, 0.25) is 0 Å². The molecule has 0 heterocycles. The third-order valence-electron chi connectivity index (χ3n) is 2.23. The minimum atomic E-state index is -3.53. The maximum atomic E-state index is 12.0. The van der Waals surface area contributed by atoms with Gasteiger partial charge < -0.3 is 10.5 Å². The monoisotopic (exact) mass is 268 g/mol. The SMILES string of the molecule is C#CCN(C)S(=O)(=O)c1ccc(OCCN)cc1. The minimum absolute atomic E-state index is 0.0355. The fourth-order valence-corrected chi connectivity index (χ4v) is 2.36. The van der Waals surface area contributed by atoms with E-state index >= 15 is 0 Å². The van der Waals surface area contributed by atoms with E-state index in [0.717, 1.165) is 4.31 Å². The molecule has 98 valence electrons. The topological polar surface area (TPSA) is 72.6 Å². The van der Waals surface area contributed by atoms with Gasteiger partial charge in [0.2, 0.25) is 10.0 Å². The van der Waals surface area contributed by atoms with Crippen molar-refractivity contribution in [3.05, 3.63) is 24.3 Å². The number of hydrogen-bond acceptors (Lipinski definition) is 4. The van der Waals surface area contributed by atoms with Gasteiger partial charge >= 0.3 is 0 Å². The number of sulfonamides is 1. The highest BCUT2D eigenvalue weighted by atomic mass is 32.2. The Morgan fingerprint density at radius 2 is 2.00 bits per heavy atom. The van der Waals surface area contributed by atoms with Crippen molar-refractivity contribution in [2.45, 2.75) is 4.90 Å². The molecule has 2 N–H and O–H groups in total. The lowest BCUT2D eigenvalue weighted by Gasteiger charge is -2.14. The normalized spacial score (nSPS) is 11.2. The first-order valence-electron chi connectivity index (χ1n) is 5.35. The zero-order valence-electron chi connectivity index (χ0n) is 10.2. The molecule has 0 radical (unpaired) electrons. The van der Waals surface area contributed by atoms with Gasteiger partial charge in [-0.05, 0) is 24.3 Å². The average Bonchev–Trinajstić information content (AvgIpc) is 2.37. The number of nitrogens with zero attached hydrogens (tertiary/aromatic N) is 1. The Hall–Kier alpha value is -1.55. The highest BCUT2D eigenvalue weighted by molar-refractivity contribution is 7.89. The maximum absolute atomic E-state index is 12.0. The summed E-state index contributed by atoms with van der Waals surface area (Å²) in [6.45, 7) is 0.835. The molecule has 0 bridgehead atoms. The van der Waals surface area contributed by atoms with Crippen molar-refractivity contribution in [3.8, 4) is 18.1 Å². The van der Waals surface area contributed by atoms with Gasteiger partial charge in [0.15, 0.2) is 0 Å². The lowest BCUT2D eigenvalue weighted by atomic mass is 10.3. The summed E-state index contributed by atoms with van der Waals surface area (Å²) in [5, 5.41) is 0. The fourth-order valence-electron chi connectivity index (χ4n) is 1.28. The first kappa shape index (κ1) is 14.5. The number of terminal acetylenes is 1. The van der Waals surface area contributed by atoms with E-state index in [0.29, 0.717) is 18.9 Å². The first-order chi connectivity index (χ1) is 8.52. The molecule has 18 heavy (non-hydrogen) atoms. The molecule has 1 aromatic carbocycles. The quantitative estimate of drug-likeness (QED) is 0.752. The Kier molecular flexibility index (Phi) is 5.16. The van der Waals surface area contributed by atoms with E-state index in [9.17, 15) is 8.42 Å². The third kappa shape index (κ3) is 3.47. The third-order valence-corrected chi connectivity index (χ3v) is 4.05. The van der Waals surface area contributed by atoms with Crippen LogP contribution in [-0.2, 0) is 10.0 Å². The van der Waals surface area contributed by atoms with Crippen molar-refractivity contribution in [1.82, 2.24) is 4.31 Å². The predicted molar refractivity (Wildman–Crippen MR) is 69.6 cm³/mol. The Morgan fingerprint density at radius 1 is 1.39 bits per heavy atom. The van der Waals surface area contributed by atoms with Crippen LogP contribution in [-0.4, -0.2) is 39.5 Å². The molecule has 0 aliphatic rings. The molecular weight excluding hydrogens is 252 g/mol. The lowest BCUT2D eigenvalue weighted by molar-refractivity contribution is 0.328. The number of rotatable bonds is 6. The van der Waals surface area contributed by atoms with Gasteiger partial charge in [-0.15, -0.1) is 6.42 Å². The van der Waals surface area contributed by atoms with Crippen LogP contribution >= 0.6 is 0 Å². The zero-order valence-corrected chi connectivity index (χ0v) is 11.0. The van der Waals surface area contributed by atoms with Crippen LogP contribution in [0.15, 0.2) is 29.2 Å². The van der Waals surface area contributed by atoms with Gasteiger partial charge in [0.05, 0.1) is 11.4 Å². The van der Waals surface area contributed by atoms with Crippen molar-refractivity contribution in [3.63, 3.8) is 0 Å². The van der Waals surface area contributed by atoms with Crippen molar-refractivity contribution >= 4 is 10.0 Å². The smallest absolute Gasteiger partial charge is 0.243 e. The fraction of sp³-hybridized carbons (Fsp3) is 0.333. The standard InChI is InChI=1S/C12H16N2O3S/c1-3-9-14(2)18(15,16)12-6-4-11(5-7-12)17-10-8-13/h1,4-7H,8-10,13H2,2H3. The maximum Gasteiger partial charge on any atom is 0.243 e. The van der Waals surface area contributed by atoms with Gasteiger partial charge in [-0.3, -0.25) is 0 Å². The van der Waals surface area contributed by atoms with E-state index in [-0.39, 0.29) is 11.4 Å². The number of benzene rings is 1. The van der Waals surface area contributed by atoms with E-state index in [1.54, 1.807) is 12.1 Å². The predicted octanol–water partition coefficient (Wildman–Crippen LogP) is 0.278. The Morgan fingerprint density at radius 3 is 2.50 bits per heavy atom. The van der Waals surface area contributed by atoms with E-state index in [2.05, 4.69) is 5.92 Å². The molecule has 0 aliphatic heterocycles. The summed E-state index contributed by atoms with van der Waals surface area (Å²) >= 11 is 0. The van der Waals surface area contributed by atoms with Crippen LogP contribution in [0.3, 0.4) is 0 Å². The molecule has 5 nitrogen and oxygen atoms in total. The second-order valence-corrected chi connectivity index (χ2v) is 5.62. The van der Waals surface area contributed by atoms with Gasteiger partial charge in [-0.2, -0.15) is 4.31 Å². The number of hydrogen-bond donors (Lipinski definition) is 1. The zero-order chi connectivity index (χ0) is 13.6. The molecule has 0 aromatic heterocycles. The van der Waals surface area contributed by atoms with Crippen LogP contribution in [0.1, 0.15) is 0 Å². The van der Waals surface area contributed by atoms with Gasteiger partial charge in [0.1, 0.15) is 12.4 Å². The summed E-state index contributed by atoms with van der Waals surface area (Å²) in [7, 11) is -2.09. The molecule has 0 spiro atoms. The van der Waals surface area contributed by atoms with Crippen molar-refractivity contribution in [2.75, 3.05) is 26.7 Å². The summed E-state index contributed by atoms with van der Waals surface area (Å²) in [6, 6.07) is 6.14. The molecule has 0 atom stereocenters. The van der Waals surface area contributed by atoms with E-state index in [1.807, 2.05) is 0 Å². The van der Waals surface area contributed by atoms with E-state index in [4.69, 9.17) is 16.9 Å². The van der Waals surface area contributed by atoms with Crippen LogP contribution in [0.25, 0.3) is 0 Å². The summed E-state index contributed by atoms with van der Waals surface area (Å²) in [4.78, 5) is 0.181. The first-order valence-corrected chi connectivity index (χ1v) is 6.79. The summed E-state index contributed by atoms with van der Waals surface area (Å²) in [5.74, 6) is 2.87. The second kappa shape index (κ2) is 6.40. The van der Waals surface area contributed by atoms with Crippen LogP contribution < -0.4 is 10.5 Å². The Balaban J connectivity index is 2.88. The van der Waals surface area contributed by atoms with Gasteiger partial charge in [-0.1, -0.05) is 5.92 Å². The molecule has 0 unspecified atom stereocenters. The molecule has 0 saturated heterocycles. The Labute approximate surface area is 108 Å². The number of nitrogens with two attached hydrogens (primary N) is 1. The van der Waals surface area contributed by atoms with Gasteiger partial charge in [-0.25, -0.2) is 8.42 Å². The number of ether oxygens (including phenoxy) is 1. The van der Waals surface area contributed by atoms with E-state index < -0.39 is 10.0 Å². The molecule has 6 heteroatoms. The van der Waals surface area contributed by atoms with E-state index in [1.165, 1.54) is 19.2 Å². The van der Waals surface area contributed by atoms with Gasteiger partial charge in [0.25, 0.3) is 0 Å². The average molecular weight is 268 g/mol. The summed E-state index contributed by atoms with van der Waals surface area (Å²) in [6.07, 6.45) is 5.10. The van der Waals surface area contributed by atoms with Crippen molar-refractivity contribution in [1.29, 1.82) is 0 Å². The van der Waals surface area contributed by atoms with Crippen LogP contribution in [0, 0.1) is 12.3 Å². The minimum Gasteiger partial charge on any atom is -0.492 e. The second-order valence-electron chi connectivity index (χ2n) is 3.57. The summed E-state index contributed by atoms with van der Waals surface area (Å²) < 4.78 is 30.4. The molecule has 1 aromatic rings. The highest BCUT2D eigenvalue weighted by Crippen LogP contribution is 2.18. The Bertz CT molecular complexity index is 517. The molecule has 0 amide bonds. The van der Waals surface area contributed by atoms with Crippen molar-refractivity contribution in [2.24, 2.45) is 5.73 Å². The molecule has 0 fully saturated rings. The van der Waals surface area contributed by atoms with Gasteiger partial charge in [0, 0.05) is 13.6 Å². The molecule has 1 rings (SSSR count).